The van der Waals surface area contributed by atoms with Gasteiger partial charge in [0.05, 0.1) is 13.2 Å². The van der Waals surface area contributed by atoms with Crippen LogP contribution >= 0.6 is 0 Å². The standard InChI is InChI=1S/C10H16O3.C2H6O2/c1-3-4-5-6-7-8-10(12)13-9(2)11;3-1-2-4/h7-8H,3-6H2,1-2H3;3-4H,1-2H2. The fourth-order valence-electron chi connectivity index (χ4n) is 0.867. The first kappa shape index (κ1) is 18.2. The Morgan fingerprint density at radius 2 is 1.76 bits per heavy atom. The zero-order valence-electron chi connectivity index (χ0n) is 10.5. The van der Waals surface area contributed by atoms with Crippen molar-refractivity contribution in [2.24, 2.45) is 0 Å². The van der Waals surface area contributed by atoms with Gasteiger partial charge in [0.1, 0.15) is 0 Å². The van der Waals surface area contributed by atoms with Crippen molar-refractivity contribution in [1.82, 2.24) is 0 Å². The smallest absolute Gasteiger partial charge is 0.338 e. The molecule has 0 atom stereocenters. The first-order chi connectivity index (χ1) is 8.08. The first-order valence-electron chi connectivity index (χ1n) is 5.69. The van der Waals surface area contributed by atoms with Crippen molar-refractivity contribution in [3.8, 4) is 0 Å². The predicted octanol–water partition coefficient (Wildman–Crippen LogP) is 1.18. The van der Waals surface area contributed by atoms with Crippen LogP contribution in [0, 0.1) is 0 Å². The van der Waals surface area contributed by atoms with Crippen LogP contribution in [0.1, 0.15) is 39.5 Å². The van der Waals surface area contributed by atoms with Gasteiger partial charge in [0, 0.05) is 13.0 Å². The molecule has 5 nitrogen and oxygen atoms in total. The number of rotatable bonds is 6. The monoisotopic (exact) mass is 246 g/mol. The number of esters is 2. The van der Waals surface area contributed by atoms with Gasteiger partial charge in [-0.2, -0.15) is 0 Å². The zero-order valence-corrected chi connectivity index (χ0v) is 10.5. The fraction of sp³-hybridized carbons (Fsp3) is 0.667. The second kappa shape index (κ2) is 14.8. The summed E-state index contributed by atoms with van der Waals surface area (Å²) in [7, 11) is 0. The molecule has 0 fully saturated rings. The van der Waals surface area contributed by atoms with Gasteiger partial charge in [-0.1, -0.05) is 25.8 Å². The molecule has 0 saturated carbocycles. The lowest BCUT2D eigenvalue weighted by Gasteiger charge is -1.93. The average Bonchev–Trinajstić information content (AvgIpc) is 2.28. The number of aliphatic hydroxyl groups excluding tert-OH is 2. The predicted molar refractivity (Wildman–Crippen MR) is 64.2 cm³/mol. The van der Waals surface area contributed by atoms with E-state index in [9.17, 15) is 9.59 Å². The van der Waals surface area contributed by atoms with Gasteiger partial charge in [0.25, 0.3) is 0 Å². The molecule has 0 amide bonds. The largest absolute Gasteiger partial charge is 0.394 e. The topological polar surface area (TPSA) is 83.8 Å². The normalized spacial score (nSPS) is 9.65. The van der Waals surface area contributed by atoms with Crippen LogP contribution in [0.25, 0.3) is 0 Å². The Kier molecular flexibility index (Phi) is 15.8. The Hall–Kier alpha value is -1.20. The highest BCUT2D eigenvalue weighted by atomic mass is 16.6. The minimum absolute atomic E-state index is 0.125. The SMILES string of the molecule is CCCCCC=CC(=O)OC(C)=O.OCCO. The molecule has 0 heterocycles. The van der Waals surface area contributed by atoms with Crippen LogP contribution < -0.4 is 0 Å². The second-order valence-electron chi connectivity index (χ2n) is 3.26. The highest BCUT2D eigenvalue weighted by Gasteiger charge is 1.98. The summed E-state index contributed by atoms with van der Waals surface area (Å²) in [6, 6.07) is 0. The molecule has 0 spiro atoms. The molecule has 0 aromatic carbocycles. The molecule has 0 aromatic rings. The molecule has 0 aliphatic heterocycles. The highest BCUT2D eigenvalue weighted by Crippen LogP contribution is 1.99. The zero-order chi connectivity index (χ0) is 13.5. The maximum Gasteiger partial charge on any atom is 0.338 e. The number of carbonyl (C=O) groups excluding carboxylic acids is 2. The van der Waals surface area contributed by atoms with Crippen LogP contribution in [0.15, 0.2) is 12.2 Å². The van der Waals surface area contributed by atoms with Crippen LogP contribution in [-0.4, -0.2) is 35.4 Å². The van der Waals surface area contributed by atoms with Gasteiger partial charge in [0.15, 0.2) is 0 Å². The third-order valence-electron chi connectivity index (χ3n) is 1.57. The summed E-state index contributed by atoms with van der Waals surface area (Å²) in [5.74, 6) is -1.15. The number of ether oxygens (including phenoxy) is 1. The Bertz CT molecular complexity index is 221. The van der Waals surface area contributed by atoms with Crippen LogP contribution in [0.4, 0.5) is 0 Å². The molecule has 0 aliphatic carbocycles. The van der Waals surface area contributed by atoms with Crippen molar-refractivity contribution in [3.63, 3.8) is 0 Å². The van der Waals surface area contributed by atoms with Crippen LogP contribution in [0.2, 0.25) is 0 Å². The van der Waals surface area contributed by atoms with Crippen LogP contribution in [0.3, 0.4) is 0 Å². The third-order valence-corrected chi connectivity index (χ3v) is 1.57. The molecule has 0 unspecified atom stereocenters. The van der Waals surface area contributed by atoms with E-state index in [0.29, 0.717) is 0 Å². The molecule has 0 aromatic heterocycles. The van der Waals surface area contributed by atoms with E-state index in [1.54, 1.807) is 6.08 Å². The van der Waals surface area contributed by atoms with E-state index in [4.69, 9.17) is 10.2 Å². The second-order valence-corrected chi connectivity index (χ2v) is 3.26. The lowest BCUT2D eigenvalue weighted by molar-refractivity contribution is -0.154. The van der Waals surface area contributed by atoms with Gasteiger partial charge in [-0.3, -0.25) is 4.79 Å². The van der Waals surface area contributed by atoms with E-state index >= 15 is 0 Å². The van der Waals surface area contributed by atoms with E-state index in [0.717, 1.165) is 25.7 Å². The first-order valence-corrected chi connectivity index (χ1v) is 5.69. The van der Waals surface area contributed by atoms with E-state index in [-0.39, 0.29) is 13.2 Å². The molecule has 5 heteroatoms. The van der Waals surface area contributed by atoms with Crippen LogP contribution in [-0.2, 0) is 14.3 Å². The molecule has 17 heavy (non-hydrogen) atoms. The summed E-state index contributed by atoms with van der Waals surface area (Å²) in [5, 5.41) is 15.2. The van der Waals surface area contributed by atoms with E-state index in [1.165, 1.54) is 13.0 Å². The average molecular weight is 246 g/mol. The van der Waals surface area contributed by atoms with Crippen molar-refractivity contribution in [3.05, 3.63) is 12.2 Å². The summed E-state index contributed by atoms with van der Waals surface area (Å²) < 4.78 is 4.29. The summed E-state index contributed by atoms with van der Waals surface area (Å²) in [4.78, 5) is 21.1. The molecule has 100 valence electrons. The highest BCUT2D eigenvalue weighted by molar-refractivity contribution is 5.91. The Morgan fingerprint density at radius 1 is 1.18 bits per heavy atom. The maximum absolute atomic E-state index is 10.8. The van der Waals surface area contributed by atoms with Gasteiger partial charge in [0.2, 0.25) is 0 Å². The Labute approximate surface area is 102 Å². The van der Waals surface area contributed by atoms with Gasteiger partial charge in [-0.25, -0.2) is 4.79 Å². The van der Waals surface area contributed by atoms with Crippen molar-refractivity contribution in [2.75, 3.05) is 13.2 Å². The molecule has 0 bridgehead atoms. The lowest BCUT2D eigenvalue weighted by atomic mass is 10.2. The number of hydrogen-bond donors (Lipinski definition) is 2. The van der Waals surface area contributed by atoms with Crippen molar-refractivity contribution < 1.29 is 24.5 Å². The van der Waals surface area contributed by atoms with Gasteiger partial charge in [-0.05, 0) is 12.8 Å². The molecular weight excluding hydrogens is 224 g/mol. The van der Waals surface area contributed by atoms with Crippen molar-refractivity contribution in [1.29, 1.82) is 0 Å². The summed E-state index contributed by atoms with van der Waals surface area (Å²) >= 11 is 0. The van der Waals surface area contributed by atoms with Gasteiger partial charge >= 0.3 is 11.9 Å². The maximum atomic E-state index is 10.8. The lowest BCUT2D eigenvalue weighted by Crippen LogP contribution is -2.05. The summed E-state index contributed by atoms with van der Waals surface area (Å²) in [5.41, 5.74) is 0. The van der Waals surface area contributed by atoms with E-state index < -0.39 is 11.9 Å². The number of aliphatic hydroxyl groups is 2. The van der Waals surface area contributed by atoms with E-state index in [1.807, 2.05) is 0 Å². The third kappa shape index (κ3) is 20.8. The minimum atomic E-state index is -0.580. The molecule has 0 aliphatic rings. The fourth-order valence-corrected chi connectivity index (χ4v) is 0.867. The summed E-state index contributed by atoms with van der Waals surface area (Å²) in [6.45, 7) is 3.08. The molecule has 0 radical (unpaired) electrons. The van der Waals surface area contributed by atoms with Crippen molar-refractivity contribution >= 4 is 11.9 Å². The number of unbranched alkanes of at least 4 members (excludes halogenated alkanes) is 3. The van der Waals surface area contributed by atoms with Crippen LogP contribution in [0.5, 0.6) is 0 Å². The Morgan fingerprint density at radius 3 is 2.18 bits per heavy atom. The van der Waals surface area contributed by atoms with Crippen molar-refractivity contribution in [2.45, 2.75) is 39.5 Å². The summed E-state index contributed by atoms with van der Waals surface area (Å²) in [6.07, 6.45) is 7.29. The van der Waals surface area contributed by atoms with Gasteiger partial charge < -0.3 is 14.9 Å². The molecule has 0 saturated heterocycles. The number of hydrogen-bond acceptors (Lipinski definition) is 5. The van der Waals surface area contributed by atoms with Gasteiger partial charge in [-0.15, -0.1) is 0 Å². The Balaban J connectivity index is 0. The molecular formula is C12H22O5. The minimum Gasteiger partial charge on any atom is -0.394 e. The quantitative estimate of drug-likeness (QED) is 0.318. The van der Waals surface area contributed by atoms with E-state index in [2.05, 4.69) is 11.7 Å². The number of allylic oxidation sites excluding steroid dienone is 1. The molecule has 0 rings (SSSR count). The molecule has 2 N–H and O–H groups in total. The number of carbonyl (C=O) groups is 2.